The van der Waals surface area contributed by atoms with Crippen molar-refractivity contribution in [2.24, 2.45) is 0 Å². The quantitative estimate of drug-likeness (QED) is 0.345. The van der Waals surface area contributed by atoms with Gasteiger partial charge in [0.25, 0.3) is 5.91 Å². The average molecular weight is 515 g/mol. The Bertz CT molecular complexity index is 1180. The Balaban J connectivity index is 0.000000572. The van der Waals surface area contributed by atoms with Crippen LogP contribution in [0, 0.1) is 0 Å². The van der Waals surface area contributed by atoms with E-state index in [0.29, 0.717) is 29.4 Å². The van der Waals surface area contributed by atoms with Crippen LogP contribution in [0.2, 0.25) is 0 Å². The molecule has 1 aromatic heterocycles. The summed E-state index contributed by atoms with van der Waals surface area (Å²) in [6, 6.07) is 13.3. The maximum Gasteiger partial charge on any atom is 0.490 e. The van der Waals surface area contributed by atoms with Gasteiger partial charge in [0.15, 0.2) is 0 Å². The first-order chi connectivity index (χ1) is 16.8. The van der Waals surface area contributed by atoms with Crippen molar-refractivity contribution in [3.8, 4) is 5.75 Å². The van der Waals surface area contributed by atoms with Gasteiger partial charge in [-0.05, 0) is 53.6 Å². The highest BCUT2D eigenvalue weighted by molar-refractivity contribution is 6.04. The van der Waals surface area contributed by atoms with Crippen LogP contribution in [0.1, 0.15) is 27.0 Å². The summed E-state index contributed by atoms with van der Waals surface area (Å²) in [7, 11) is 0. The maximum atomic E-state index is 12.8. The number of aromatic hydroxyl groups is 1. The predicted octanol–water partition coefficient (Wildman–Crippen LogP) is 4.98. The third-order valence-corrected chi connectivity index (χ3v) is 4.33. The van der Waals surface area contributed by atoms with Crippen LogP contribution in [-0.2, 0) is 24.1 Å². The number of alkyl halides is 6. The van der Waals surface area contributed by atoms with E-state index in [9.17, 15) is 36.2 Å². The van der Waals surface area contributed by atoms with Crippen molar-refractivity contribution in [1.82, 2.24) is 10.3 Å². The van der Waals surface area contributed by atoms with Crippen LogP contribution in [0.4, 0.5) is 32.0 Å². The minimum absolute atomic E-state index is 0.144. The lowest BCUT2D eigenvalue weighted by Gasteiger charge is -2.11. The maximum absolute atomic E-state index is 12.8. The Morgan fingerprint density at radius 1 is 0.861 bits per heavy atom. The van der Waals surface area contributed by atoms with Gasteiger partial charge >= 0.3 is 18.3 Å². The zero-order valence-electron chi connectivity index (χ0n) is 18.2. The molecule has 13 heteroatoms. The van der Waals surface area contributed by atoms with E-state index in [2.05, 4.69) is 15.6 Å². The minimum atomic E-state index is -5.08. The second-order valence-electron chi connectivity index (χ2n) is 7.18. The molecule has 3 rings (SSSR count). The van der Waals surface area contributed by atoms with Crippen LogP contribution in [0.3, 0.4) is 0 Å². The van der Waals surface area contributed by atoms with Crippen molar-refractivity contribution in [3.63, 3.8) is 0 Å². The molecule has 192 valence electrons. The van der Waals surface area contributed by atoms with Crippen molar-refractivity contribution in [1.29, 1.82) is 0 Å². The van der Waals surface area contributed by atoms with Crippen molar-refractivity contribution < 1.29 is 46.1 Å². The molecule has 0 aliphatic heterocycles. The number of hydrogen-bond donors (Lipinski definition) is 4. The van der Waals surface area contributed by atoms with Crippen LogP contribution < -0.4 is 10.6 Å². The average Bonchev–Trinajstić information content (AvgIpc) is 2.79. The fraction of sp³-hybridized carbons (Fsp3) is 0.174. The van der Waals surface area contributed by atoms with Crippen LogP contribution in [0.5, 0.6) is 5.75 Å². The van der Waals surface area contributed by atoms with Gasteiger partial charge in [0, 0.05) is 36.7 Å². The number of amides is 1. The summed E-state index contributed by atoms with van der Waals surface area (Å²) in [6.45, 7) is 0.515. The van der Waals surface area contributed by atoms with E-state index < -0.39 is 29.6 Å². The number of carboxylic acids is 1. The van der Waals surface area contributed by atoms with E-state index in [1.807, 2.05) is 6.07 Å². The monoisotopic (exact) mass is 515 g/mol. The van der Waals surface area contributed by atoms with E-state index >= 15 is 0 Å². The van der Waals surface area contributed by atoms with Crippen molar-refractivity contribution in [2.45, 2.75) is 25.4 Å². The van der Waals surface area contributed by atoms with Gasteiger partial charge in [-0.2, -0.15) is 26.3 Å². The Morgan fingerprint density at radius 2 is 1.47 bits per heavy atom. The lowest BCUT2D eigenvalue weighted by Crippen LogP contribution is -2.21. The van der Waals surface area contributed by atoms with E-state index in [1.165, 1.54) is 18.5 Å². The standard InChI is InChI=1S/C21H18F3N3O2.C2HF3O2/c22-21(23,24)17-8-15(10-19(28)11-17)13-26-12-14-2-1-3-18(9-14)27-20(29)16-4-6-25-7-5-16;3-2(4,5)1(6)7/h1-11,26,28H,12-13H2,(H,27,29);(H,6,7). The first-order valence-electron chi connectivity index (χ1n) is 9.97. The number of carboxylic acid groups (broad SMARTS) is 1. The van der Waals surface area contributed by atoms with Crippen molar-refractivity contribution in [2.75, 3.05) is 5.32 Å². The smallest absolute Gasteiger partial charge is 0.490 e. The molecule has 7 nitrogen and oxygen atoms in total. The van der Waals surface area contributed by atoms with Gasteiger partial charge in [-0.3, -0.25) is 9.78 Å². The molecule has 0 saturated carbocycles. The zero-order chi connectivity index (χ0) is 26.9. The number of nitrogens with one attached hydrogen (secondary N) is 2. The van der Waals surface area contributed by atoms with Gasteiger partial charge in [-0.15, -0.1) is 0 Å². The normalized spacial score (nSPS) is 11.3. The third kappa shape index (κ3) is 9.25. The highest BCUT2D eigenvalue weighted by Gasteiger charge is 2.38. The Morgan fingerprint density at radius 3 is 2.06 bits per heavy atom. The molecule has 1 heterocycles. The highest BCUT2D eigenvalue weighted by atomic mass is 19.4. The molecule has 2 aromatic carbocycles. The molecule has 3 aromatic rings. The Labute approximate surface area is 200 Å². The lowest BCUT2D eigenvalue weighted by molar-refractivity contribution is -0.192. The molecule has 0 bridgehead atoms. The predicted molar refractivity (Wildman–Crippen MR) is 116 cm³/mol. The zero-order valence-corrected chi connectivity index (χ0v) is 18.2. The first-order valence-corrected chi connectivity index (χ1v) is 9.97. The van der Waals surface area contributed by atoms with Gasteiger partial charge in [0.1, 0.15) is 5.75 Å². The topological polar surface area (TPSA) is 112 Å². The number of pyridine rings is 1. The second kappa shape index (κ2) is 12.0. The molecule has 0 aliphatic carbocycles. The summed E-state index contributed by atoms with van der Waals surface area (Å²) in [5.41, 5.74) is 1.35. The van der Waals surface area contributed by atoms with Gasteiger partial charge in [-0.25, -0.2) is 4.79 Å². The molecular weight excluding hydrogens is 496 g/mol. The van der Waals surface area contributed by atoms with E-state index in [-0.39, 0.29) is 12.5 Å². The third-order valence-electron chi connectivity index (χ3n) is 4.33. The first kappa shape index (κ1) is 28.1. The summed E-state index contributed by atoms with van der Waals surface area (Å²) in [5, 5.41) is 22.5. The minimum Gasteiger partial charge on any atom is -0.508 e. The number of hydrogen-bond acceptors (Lipinski definition) is 5. The molecule has 0 spiro atoms. The van der Waals surface area contributed by atoms with Gasteiger partial charge < -0.3 is 20.8 Å². The number of anilines is 1. The number of nitrogens with zero attached hydrogens (tertiary/aromatic N) is 1. The van der Waals surface area contributed by atoms with Gasteiger partial charge in [-0.1, -0.05) is 12.1 Å². The molecular formula is C23H19F6N3O4. The van der Waals surface area contributed by atoms with E-state index in [1.54, 1.807) is 30.3 Å². The van der Waals surface area contributed by atoms with Crippen LogP contribution in [-0.4, -0.2) is 33.2 Å². The number of phenolic OH excluding ortho intramolecular Hbond substituents is 1. The fourth-order valence-corrected chi connectivity index (χ4v) is 2.76. The van der Waals surface area contributed by atoms with Crippen LogP contribution in [0.25, 0.3) is 0 Å². The molecule has 0 fully saturated rings. The largest absolute Gasteiger partial charge is 0.508 e. The number of rotatable bonds is 6. The van der Waals surface area contributed by atoms with Crippen molar-refractivity contribution in [3.05, 3.63) is 89.2 Å². The molecule has 36 heavy (non-hydrogen) atoms. The van der Waals surface area contributed by atoms with Crippen LogP contribution in [0.15, 0.2) is 67.0 Å². The number of halogens is 6. The van der Waals surface area contributed by atoms with E-state index in [0.717, 1.165) is 11.6 Å². The number of aliphatic carboxylic acids is 1. The van der Waals surface area contributed by atoms with Crippen LogP contribution >= 0.6 is 0 Å². The highest BCUT2D eigenvalue weighted by Crippen LogP contribution is 2.32. The Hall–Kier alpha value is -4.13. The summed E-state index contributed by atoms with van der Waals surface area (Å²) < 4.78 is 70.2. The molecule has 0 radical (unpaired) electrons. The van der Waals surface area contributed by atoms with Gasteiger partial charge in [0.05, 0.1) is 5.56 Å². The van der Waals surface area contributed by atoms with Crippen molar-refractivity contribution >= 4 is 17.6 Å². The molecule has 0 saturated heterocycles. The summed E-state index contributed by atoms with van der Waals surface area (Å²) in [5.74, 6) is -3.46. The number of carbonyl (C=O) groups is 2. The molecule has 0 aliphatic rings. The number of phenols is 1. The number of aromatic nitrogens is 1. The summed E-state index contributed by atoms with van der Waals surface area (Å²) in [6.07, 6.45) is -6.55. The van der Waals surface area contributed by atoms with Gasteiger partial charge in [0.2, 0.25) is 0 Å². The molecule has 1 amide bonds. The fourth-order valence-electron chi connectivity index (χ4n) is 2.76. The SMILES string of the molecule is O=C(Nc1cccc(CNCc2cc(O)cc(C(F)(F)F)c2)c1)c1ccncc1.O=C(O)C(F)(F)F. The number of benzene rings is 2. The lowest BCUT2D eigenvalue weighted by atomic mass is 10.1. The molecule has 0 unspecified atom stereocenters. The molecule has 4 N–H and O–H groups in total. The number of carbonyl (C=O) groups excluding carboxylic acids is 1. The van der Waals surface area contributed by atoms with E-state index in [4.69, 9.17) is 9.90 Å². The molecule has 0 atom stereocenters. The summed E-state index contributed by atoms with van der Waals surface area (Å²) >= 11 is 0. The second-order valence-corrected chi connectivity index (χ2v) is 7.18. The Kier molecular flexibility index (Phi) is 9.38. The summed E-state index contributed by atoms with van der Waals surface area (Å²) in [4.78, 5) is 25.0.